The van der Waals surface area contributed by atoms with E-state index in [1.807, 2.05) is 37.9 Å². The molecule has 5 nitrogen and oxygen atoms in total. The van der Waals surface area contributed by atoms with Crippen LogP contribution >= 0.6 is 0 Å². The van der Waals surface area contributed by atoms with Crippen LogP contribution in [-0.2, 0) is 11.2 Å². The summed E-state index contributed by atoms with van der Waals surface area (Å²) in [6.45, 7) is 8.22. The standard InChI is InChI=1S/C17H27N3O2/c1-17(2,3)22-16(21)20-11-5-7-15(20)13-19-10-8-14-6-4-9-18-12-14/h4,6,9,12,15,19H,5,7-8,10-11,13H2,1-3H3. The molecule has 1 N–H and O–H groups in total. The topological polar surface area (TPSA) is 54.5 Å². The van der Waals surface area contributed by atoms with Gasteiger partial charge in [-0.2, -0.15) is 0 Å². The molecular formula is C17H27N3O2. The lowest BCUT2D eigenvalue weighted by molar-refractivity contribution is 0.0227. The lowest BCUT2D eigenvalue weighted by Gasteiger charge is -2.28. The van der Waals surface area contributed by atoms with E-state index in [0.717, 1.165) is 38.9 Å². The Morgan fingerprint density at radius 3 is 3.00 bits per heavy atom. The first-order valence-corrected chi connectivity index (χ1v) is 8.05. The Hall–Kier alpha value is -1.62. The molecule has 0 aliphatic carbocycles. The number of carbonyl (C=O) groups excluding carboxylic acids is 1. The Morgan fingerprint density at radius 1 is 1.50 bits per heavy atom. The van der Waals surface area contributed by atoms with Gasteiger partial charge in [-0.05, 0) is 58.2 Å². The van der Waals surface area contributed by atoms with Crippen molar-refractivity contribution in [3.63, 3.8) is 0 Å². The molecule has 122 valence electrons. The molecule has 0 bridgehead atoms. The summed E-state index contributed by atoms with van der Waals surface area (Å²) in [6.07, 6.45) is 6.53. The number of ether oxygens (including phenoxy) is 1. The molecule has 1 unspecified atom stereocenters. The van der Waals surface area contributed by atoms with Crippen molar-refractivity contribution in [1.82, 2.24) is 15.2 Å². The van der Waals surface area contributed by atoms with Gasteiger partial charge in [0.15, 0.2) is 0 Å². The zero-order valence-electron chi connectivity index (χ0n) is 13.8. The molecule has 1 aromatic heterocycles. The van der Waals surface area contributed by atoms with Crippen molar-refractivity contribution in [3.8, 4) is 0 Å². The van der Waals surface area contributed by atoms with Crippen molar-refractivity contribution in [2.75, 3.05) is 19.6 Å². The highest BCUT2D eigenvalue weighted by Gasteiger charge is 2.31. The smallest absolute Gasteiger partial charge is 0.410 e. The first kappa shape index (κ1) is 16.7. The van der Waals surface area contributed by atoms with E-state index in [4.69, 9.17) is 4.74 Å². The van der Waals surface area contributed by atoms with E-state index in [-0.39, 0.29) is 12.1 Å². The van der Waals surface area contributed by atoms with Gasteiger partial charge in [0, 0.05) is 31.5 Å². The maximum Gasteiger partial charge on any atom is 0.410 e. The van der Waals surface area contributed by atoms with Gasteiger partial charge in [-0.1, -0.05) is 6.07 Å². The van der Waals surface area contributed by atoms with Crippen molar-refractivity contribution in [3.05, 3.63) is 30.1 Å². The molecule has 2 heterocycles. The second-order valence-electron chi connectivity index (χ2n) is 6.79. The molecule has 5 heteroatoms. The van der Waals surface area contributed by atoms with Crippen LogP contribution in [0.4, 0.5) is 4.79 Å². The predicted molar refractivity (Wildman–Crippen MR) is 86.8 cm³/mol. The zero-order valence-corrected chi connectivity index (χ0v) is 13.8. The van der Waals surface area contributed by atoms with E-state index in [1.54, 1.807) is 6.20 Å². The molecule has 1 atom stereocenters. The summed E-state index contributed by atoms with van der Waals surface area (Å²) in [6, 6.07) is 4.28. The SMILES string of the molecule is CC(C)(C)OC(=O)N1CCCC1CNCCc1cccnc1. The quantitative estimate of drug-likeness (QED) is 0.850. The molecule has 1 aliphatic rings. The van der Waals surface area contributed by atoms with Gasteiger partial charge in [-0.25, -0.2) is 4.79 Å². The Morgan fingerprint density at radius 2 is 2.32 bits per heavy atom. The average Bonchev–Trinajstić information content (AvgIpc) is 2.91. The van der Waals surface area contributed by atoms with Crippen LogP contribution in [0.15, 0.2) is 24.5 Å². The molecule has 1 fully saturated rings. The highest BCUT2D eigenvalue weighted by atomic mass is 16.6. The van der Waals surface area contributed by atoms with Gasteiger partial charge in [0.2, 0.25) is 0 Å². The second kappa shape index (κ2) is 7.58. The van der Waals surface area contributed by atoms with Crippen molar-refractivity contribution >= 4 is 6.09 Å². The summed E-state index contributed by atoms with van der Waals surface area (Å²) in [5, 5.41) is 3.45. The van der Waals surface area contributed by atoms with E-state index in [0.29, 0.717) is 0 Å². The van der Waals surface area contributed by atoms with Crippen LogP contribution in [0.5, 0.6) is 0 Å². The minimum absolute atomic E-state index is 0.191. The molecule has 1 aromatic rings. The van der Waals surface area contributed by atoms with Gasteiger partial charge in [-0.15, -0.1) is 0 Å². The third-order valence-corrected chi connectivity index (χ3v) is 3.70. The fourth-order valence-electron chi connectivity index (χ4n) is 2.66. The Balaban J connectivity index is 1.73. The third kappa shape index (κ3) is 5.30. The molecule has 0 saturated carbocycles. The zero-order chi connectivity index (χ0) is 16.0. The number of hydrogen-bond donors (Lipinski definition) is 1. The molecule has 22 heavy (non-hydrogen) atoms. The maximum atomic E-state index is 12.2. The van der Waals surface area contributed by atoms with Gasteiger partial charge in [0.05, 0.1) is 0 Å². The molecule has 0 aromatic carbocycles. The largest absolute Gasteiger partial charge is 0.444 e. The van der Waals surface area contributed by atoms with E-state index in [1.165, 1.54) is 5.56 Å². The third-order valence-electron chi connectivity index (χ3n) is 3.70. The van der Waals surface area contributed by atoms with Crippen LogP contribution in [0, 0.1) is 0 Å². The number of carbonyl (C=O) groups is 1. The number of nitrogens with zero attached hydrogens (tertiary/aromatic N) is 2. The van der Waals surface area contributed by atoms with Crippen LogP contribution in [0.25, 0.3) is 0 Å². The number of aromatic nitrogens is 1. The fraction of sp³-hybridized carbons (Fsp3) is 0.647. The van der Waals surface area contributed by atoms with E-state index >= 15 is 0 Å². The number of amides is 1. The van der Waals surface area contributed by atoms with Gasteiger partial charge in [-0.3, -0.25) is 4.98 Å². The first-order valence-electron chi connectivity index (χ1n) is 8.05. The van der Waals surface area contributed by atoms with Crippen molar-refractivity contribution in [2.45, 2.75) is 51.7 Å². The summed E-state index contributed by atoms with van der Waals surface area (Å²) in [5.41, 5.74) is 0.795. The molecule has 2 rings (SSSR count). The monoisotopic (exact) mass is 305 g/mol. The van der Waals surface area contributed by atoms with Crippen molar-refractivity contribution in [2.24, 2.45) is 0 Å². The number of pyridine rings is 1. The maximum absolute atomic E-state index is 12.2. The van der Waals surface area contributed by atoms with Crippen LogP contribution in [0.2, 0.25) is 0 Å². The predicted octanol–water partition coefficient (Wildman–Crippen LogP) is 2.61. The van der Waals surface area contributed by atoms with Gasteiger partial charge in [0.1, 0.15) is 5.60 Å². The molecule has 0 spiro atoms. The Labute approximate surface area is 133 Å². The highest BCUT2D eigenvalue weighted by Crippen LogP contribution is 2.20. The lowest BCUT2D eigenvalue weighted by Crippen LogP contribution is -2.44. The van der Waals surface area contributed by atoms with E-state index < -0.39 is 5.60 Å². The molecule has 1 saturated heterocycles. The molecule has 1 amide bonds. The second-order valence-corrected chi connectivity index (χ2v) is 6.79. The van der Waals surface area contributed by atoms with Gasteiger partial charge < -0.3 is 15.0 Å². The van der Waals surface area contributed by atoms with Crippen molar-refractivity contribution in [1.29, 1.82) is 0 Å². The lowest BCUT2D eigenvalue weighted by atomic mass is 10.2. The summed E-state index contributed by atoms with van der Waals surface area (Å²) in [5.74, 6) is 0. The van der Waals surface area contributed by atoms with Crippen LogP contribution in [-0.4, -0.2) is 47.3 Å². The van der Waals surface area contributed by atoms with E-state index in [9.17, 15) is 4.79 Å². The average molecular weight is 305 g/mol. The summed E-state index contributed by atoms with van der Waals surface area (Å²) in [7, 11) is 0. The minimum Gasteiger partial charge on any atom is -0.444 e. The highest BCUT2D eigenvalue weighted by molar-refractivity contribution is 5.69. The van der Waals surface area contributed by atoms with E-state index in [2.05, 4.69) is 16.4 Å². The Bertz CT molecular complexity index is 471. The summed E-state index contributed by atoms with van der Waals surface area (Å²) in [4.78, 5) is 18.2. The van der Waals surface area contributed by atoms with Crippen LogP contribution < -0.4 is 5.32 Å². The normalized spacial score (nSPS) is 18.5. The number of hydrogen-bond acceptors (Lipinski definition) is 4. The first-order chi connectivity index (χ1) is 10.5. The van der Waals surface area contributed by atoms with Crippen LogP contribution in [0.1, 0.15) is 39.2 Å². The van der Waals surface area contributed by atoms with Crippen molar-refractivity contribution < 1.29 is 9.53 Å². The van der Waals surface area contributed by atoms with Gasteiger partial charge in [0.25, 0.3) is 0 Å². The Kier molecular flexibility index (Phi) is 5.77. The fourth-order valence-corrected chi connectivity index (χ4v) is 2.66. The molecule has 0 radical (unpaired) electrons. The summed E-state index contributed by atoms with van der Waals surface area (Å²) < 4.78 is 5.48. The molecular weight excluding hydrogens is 278 g/mol. The minimum atomic E-state index is -0.433. The number of nitrogens with one attached hydrogen (secondary N) is 1. The van der Waals surface area contributed by atoms with Gasteiger partial charge >= 0.3 is 6.09 Å². The van der Waals surface area contributed by atoms with Crippen LogP contribution in [0.3, 0.4) is 0 Å². The number of likely N-dealkylation sites (tertiary alicyclic amines) is 1. The molecule has 1 aliphatic heterocycles. The summed E-state index contributed by atoms with van der Waals surface area (Å²) >= 11 is 0. The number of rotatable bonds is 5.